The van der Waals surface area contributed by atoms with Crippen LogP contribution in [-0.2, 0) is 11.3 Å². The third-order valence-corrected chi connectivity index (χ3v) is 3.49. The molecule has 0 bridgehead atoms. The fraction of sp³-hybridized carbons (Fsp3) is 0.714. The molecule has 0 saturated carbocycles. The van der Waals surface area contributed by atoms with Crippen LogP contribution in [0.5, 0.6) is 0 Å². The van der Waals surface area contributed by atoms with E-state index in [1.54, 1.807) is 6.92 Å². The quantitative estimate of drug-likeness (QED) is 0.785. The molecule has 0 fully saturated rings. The molecular weight excluding hydrogens is 242 g/mol. The van der Waals surface area contributed by atoms with Crippen LogP contribution >= 0.6 is 0 Å². The number of carboxylic acid groups (broad SMARTS) is 1. The summed E-state index contributed by atoms with van der Waals surface area (Å²) in [6.07, 6.45) is 3.05. The van der Waals surface area contributed by atoms with E-state index in [9.17, 15) is 4.79 Å². The van der Waals surface area contributed by atoms with Crippen molar-refractivity contribution < 1.29 is 9.90 Å². The zero-order valence-corrected chi connectivity index (χ0v) is 12.3. The van der Waals surface area contributed by atoms with E-state index in [1.807, 2.05) is 23.9 Å². The van der Waals surface area contributed by atoms with Crippen LogP contribution in [0.25, 0.3) is 0 Å². The zero-order chi connectivity index (χ0) is 14.4. The number of aliphatic carboxylic acids is 1. The Labute approximate surface area is 115 Å². The number of hydrogen-bond donors (Lipinski definition) is 1. The van der Waals surface area contributed by atoms with Gasteiger partial charge in [-0.15, -0.1) is 0 Å². The van der Waals surface area contributed by atoms with Crippen molar-refractivity contribution in [1.82, 2.24) is 14.7 Å². The van der Waals surface area contributed by atoms with Crippen molar-refractivity contribution in [2.45, 2.75) is 46.7 Å². The highest BCUT2D eigenvalue weighted by molar-refractivity contribution is 5.69. The Balaban J connectivity index is 2.60. The van der Waals surface area contributed by atoms with Crippen molar-refractivity contribution in [2.24, 2.45) is 5.92 Å². The Morgan fingerprint density at radius 3 is 2.68 bits per heavy atom. The molecule has 0 saturated heterocycles. The van der Waals surface area contributed by atoms with Gasteiger partial charge in [-0.2, -0.15) is 5.10 Å². The van der Waals surface area contributed by atoms with Gasteiger partial charge in [0.1, 0.15) is 0 Å². The highest BCUT2D eigenvalue weighted by atomic mass is 16.4. The molecule has 108 valence electrons. The minimum absolute atomic E-state index is 0.350. The monoisotopic (exact) mass is 267 g/mol. The van der Waals surface area contributed by atoms with Crippen LogP contribution in [0.4, 0.5) is 0 Å². The van der Waals surface area contributed by atoms with E-state index in [0.29, 0.717) is 19.1 Å². The third kappa shape index (κ3) is 4.67. The van der Waals surface area contributed by atoms with E-state index in [0.717, 1.165) is 18.7 Å². The molecule has 1 N–H and O–H groups in total. The number of carbonyl (C=O) groups is 1. The molecule has 0 aliphatic rings. The van der Waals surface area contributed by atoms with Gasteiger partial charge >= 0.3 is 5.97 Å². The van der Waals surface area contributed by atoms with Crippen molar-refractivity contribution in [3.63, 3.8) is 0 Å². The van der Waals surface area contributed by atoms with Crippen molar-refractivity contribution in [3.8, 4) is 0 Å². The highest BCUT2D eigenvalue weighted by Crippen LogP contribution is 2.11. The largest absolute Gasteiger partial charge is 0.481 e. The molecule has 0 radical (unpaired) electrons. The SMILES string of the molecule is CCC(C)n1ccc(CN(CC)CC(C)C(=O)O)n1. The van der Waals surface area contributed by atoms with Gasteiger partial charge in [0.15, 0.2) is 0 Å². The zero-order valence-electron chi connectivity index (χ0n) is 12.3. The standard InChI is InChI=1S/C14H25N3O2/c1-5-12(4)17-8-7-13(15-17)10-16(6-2)9-11(3)14(18)19/h7-8,11-12H,5-6,9-10H2,1-4H3,(H,18,19). The normalized spacial score (nSPS) is 14.6. The molecule has 2 unspecified atom stereocenters. The van der Waals surface area contributed by atoms with Gasteiger partial charge in [-0.1, -0.05) is 20.8 Å². The van der Waals surface area contributed by atoms with E-state index < -0.39 is 5.97 Å². The summed E-state index contributed by atoms with van der Waals surface area (Å²) in [4.78, 5) is 13.0. The maximum Gasteiger partial charge on any atom is 0.307 e. The molecular formula is C14H25N3O2. The van der Waals surface area contributed by atoms with Gasteiger partial charge in [0.25, 0.3) is 0 Å². The number of aromatic nitrogens is 2. The predicted molar refractivity (Wildman–Crippen MR) is 75.0 cm³/mol. The van der Waals surface area contributed by atoms with Gasteiger partial charge in [0.05, 0.1) is 11.6 Å². The molecule has 1 aromatic rings. The second-order valence-electron chi connectivity index (χ2n) is 5.11. The number of rotatable bonds is 8. The van der Waals surface area contributed by atoms with E-state index in [4.69, 9.17) is 5.11 Å². The van der Waals surface area contributed by atoms with Crippen LogP contribution in [0.15, 0.2) is 12.3 Å². The summed E-state index contributed by atoms with van der Waals surface area (Å²) in [6.45, 7) is 10.1. The molecule has 19 heavy (non-hydrogen) atoms. The number of carboxylic acids is 1. The lowest BCUT2D eigenvalue weighted by Gasteiger charge is -2.21. The minimum Gasteiger partial charge on any atom is -0.481 e. The molecule has 0 aliphatic carbocycles. The molecule has 0 amide bonds. The maximum atomic E-state index is 10.9. The van der Waals surface area contributed by atoms with Crippen molar-refractivity contribution in [2.75, 3.05) is 13.1 Å². The van der Waals surface area contributed by atoms with Gasteiger partial charge in [-0.25, -0.2) is 0 Å². The van der Waals surface area contributed by atoms with Crippen LogP contribution < -0.4 is 0 Å². The van der Waals surface area contributed by atoms with Gasteiger partial charge < -0.3 is 5.11 Å². The first kappa shape index (κ1) is 15.7. The van der Waals surface area contributed by atoms with Crippen LogP contribution in [0.1, 0.15) is 45.9 Å². The summed E-state index contributed by atoms with van der Waals surface area (Å²) in [6, 6.07) is 2.42. The molecule has 0 aromatic carbocycles. The predicted octanol–water partition coefficient (Wildman–Crippen LogP) is 2.40. The van der Waals surface area contributed by atoms with Gasteiger partial charge in [-0.3, -0.25) is 14.4 Å². The van der Waals surface area contributed by atoms with Crippen LogP contribution in [-0.4, -0.2) is 38.8 Å². The maximum absolute atomic E-state index is 10.9. The molecule has 2 atom stereocenters. The lowest BCUT2D eigenvalue weighted by atomic mass is 10.1. The van der Waals surface area contributed by atoms with Gasteiger partial charge in [0.2, 0.25) is 0 Å². The number of hydrogen-bond acceptors (Lipinski definition) is 3. The summed E-state index contributed by atoms with van der Waals surface area (Å²) >= 11 is 0. The lowest BCUT2D eigenvalue weighted by molar-refractivity contribution is -0.141. The summed E-state index contributed by atoms with van der Waals surface area (Å²) in [7, 11) is 0. The summed E-state index contributed by atoms with van der Waals surface area (Å²) in [5.74, 6) is -1.10. The van der Waals surface area contributed by atoms with E-state index in [1.165, 1.54) is 0 Å². The Morgan fingerprint density at radius 1 is 1.47 bits per heavy atom. The van der Waals surface area contributed by atoms with Crippen LogP contribution in [0.3, 0.4) is 0 Å². The molecule has 1 heterocycles. The average molecular weight is 267 g/mol. The average Bonchev–Trinajstić information content (AvgIpc) is 2.85. The fourth-order valence-corrected chi connectivity index (χ4v) is 1.89. The van der Waals surface area contributed by atoms with Gasteiger partial charge in [0, 0.05) is 25.3 Å². The van der Waals surface area contributed by atoms with Gasteiger partial charge in [-0.05, 0) is 26.0 Å². The second kappa shape index (κ2) is 7.28. The molecule has 5 heteroatoms. The fourth-order valence-electron chi connectivity index (χ4n) is 1.89. The second-order valence-corrected chi connectivity index (χ2v) is 5.11. The van der Waals surface area contributed by atoms with Crippen LogP contribution in [0, 0.1) is 5.92 Å². The van der Waals surface area contributed by atoms with E-state index in [2.05, 4.69) is 23.8 Å². The molecule has 1 rings (SSSR count). The topological polar surface area (TPSA) is 58.4 Å². The molecule has 0 aliphatic heterocycles. The lowest BCUT2D eigenvalue weighted by Crippen LogP contribution is -2.31. The molecule has 1 aromatic heterocycles. The van der Waals surface area contributed by atoms with Crippen molar-refractivity contribution >= 4 is 5.97 Å². The number of nitrogens with zero attached hydrogens (tertiary/aromatic N) is 3. The van der Waals surface area contributed by atoms with Crippen LogP contribution in [0.2, 0.25) is 0 Å². The third-order valence-electron chi connectivity index (χ3n) is 3.49. The Bertz CT molecular complexity index is 403. The van der Waals surface area contributed by atoms with Crippen molar-refractivity contribution in [3.05, 3.63) is 18.0 Å². The summed E-state index contributed by atoms with van der Waals surface area (Å²) < 4.78 is 1.98. The minimum atomic E-state index is -0.747. The first-order chi connectivity index (χ1) is 8.97. The Hall–Kier alpha value is -1.36. The highest BCUT2D eigenvalue weighted by Gasteiger charge is 2.16. The van der Waals surface area contributed by atoms with E-state index in [-0.39, 0.29) is 5.92 Å². The first-order valence-corrected chi connectivity index (χ1v) is 6.97. The Kier molecular flexibility index (Phi) is 6.02. The Morgan fingerprint density at radius 2 is 2.16 bits per heavy atom. The summed E-state index contributed by atoms with van der Waals surface area (Å²) in [5.41, 5.74) is 1.000. The van der Waals surface area contributed by atoms with E-state index >= 15 is 0 Å². The smallest absolute Gasteiger partial charge is 0.307 e. The summed E-state index contributed by atoms with van der Waals surface area (Å²) in [5, 5.41) is 13.5. The first-order valence-electron chi connectivity index (χ1n) is 6.97. The molecule has 0 spiro atoms. The van der Waals surface area contributed by atoms with Crippen molar-refractivity contribution in [1.29, 1.82) is 0 Å². The molecule has 5 nitrogen and oxygen atoms in total.